The molecule has 1 unspecified atom stereocenters. The summed E-state index contributed by atoms with van der Waals surface area (Å²) in [6.07, 6.45) is -0.133. The van der Waals surface area contributed by atoms with E-state index in [1.165, 1.54) is 26.4 Å². The molecule has 116 valence electrons. The maximum absolute atomic E-state index is 11.1. The molecule has 2 rings (SSSR count). The number of morpholine rings is 1. The standard InChI is InChI=1S/C13H18N2O6/c1-18-12-5-10(15(16)17)11(6-13(12)19-2)21-8-9-7-14-3-4-20-9/h5-6,9,14H,3-4,7-8H2,1-2H3. The van der Waals surface area contributed by atoms with Crippen LogP contribution in [0.1, 0.15) is 0 Å². The van der Waals surface area contributed by atoms with E-state index >= 15 is 0 Å². The molecule has 1 fully saturated rings. The molecule has 0 radical (unpaired) electrons. The van der Waals surface area contributed by atoms with Gasteiger partial charge >= 0.3 is 5.69 Å². The highest BCUT2D eigenvalue weighted by atomic mass is 16.6. The molecule has 1 aliphatic heterocycles. The molecule has 0 amide bonds. The molecule has 1 N–H and O–H groups in total. The van der Waals surface area contributed by atoms with Gasteiger partial charge in [-0.1, -0.05) is 0 Å². The van der Waals surface area contributed by atoms with Crippen LogP contribution in [0.5, 0.6) is 17.2 Å². The van der Waals surface area contributed by atoms with Crippen LogP contribution in [-0.2, 0) is 4.74 Å². The first kappa shape index (κ1) is 15.3. The molecule has 1 aromatic rings. The predicted octanol–water partition coefficient (Wildman–Crippen LogP) is 0.979. The highest BCUT2D eigenvalue weighted by molar-refractivity contribution is 5.58. The predicted molar refractivity (Wildman–Crippen MR) is 74.3 cm³/mol. The van der Waals surface area contributed by atoms with Crippen LogP contribution < -0.4 is 19.5 Å². The zero-order valence-corrected chi connectivity index (χ0v) is 12.0. The third-order valence-corrected chi connectivity index (χ3v) is 3.09. The van der Waals surface area contributed by atoms with Gasteiger partial charge in [-0.15, -0.1) is 0 Å². The van der Waals surface area contributed by atoms with E-state index in [4.69, 9.17) is 18.9 Å². The average Bonchev–Trinajstić information content (AvgIpc) is 2.52. The molecule has 0 aromatic heterocycles. The summed E-state index contributed by atoms with van der Waals surface area (Å²) in [5, 5.41) is 14.3. The fraction of sp³-hybridized carbons (Fsp3) is 0.538. The number of hydrogen-bond acceptors (Lipinski definition) is 7. The van der Waals surface area contributed by atoms with Crippen LogP contribution >= 0.6 is 0 Å². The van der Waals surface area contributed by atoms with Gasteiger partial charge < -0.3 is 24.3 Å². The Bertz CT molecular complexity index is 502. The third kappa shape index (κ3) is 3.73. The first-order valence-corrected chi connectivity index (χ1v) is 6.51. The Morgan fingerprint density at radius 2 is 2.05 bits per heavy atom. The summed E-state index contributed by atoms with van der Waals surface area (Å²) >= 11 is 0. The molecule has 8 heteroatoms. The Morgan fingerprint density at radius 1 is 1.33 bits per heavy atom. The van der Waals surface area contributed by atoms with Gasteiger partial charge in [0.15, 0.2) is 11.5 Å². The first-order valence-electron chi connectivity index (χ1n) is 6.51. The SMILES string of the molecule is COc1cc(OCC2CNCCO2)c([N+](=O)[O-])cc1OC. The largest absolute Gasteiger partial charge is 0.493 e. The lowest BCUT2D eigenvalue weighted by Gasteiger charge is -2.23. The molecule has 1 heterocycles. The van der Waals surface area contributed by atoms with Gasteiger partial charge in [0.1, 0.15) is 12.7 Å². The lowest BCUT2D eigenvalue weighted by molar-refractivity contribution is -0.386. The number of nitrogens with one attached hydrogen (secondary N) is 1. The van der Waals surface area contributed by atoms with Crippen LogP contribution in [0.15, 0.2) is 12.1 Å². The number of nitro groups is 1. The highest BCUT2D eigenvalue weighted by Crippen LogP contribution is 2.39. The third-order valence-electron chi connectivity index (χ3n) is 3.09. The minimum atomic E-state index is -0.517. The Kier molecular flexibility index (Phi) is 5.18. The van der Waals surface area contributed by atoms with Crippen molar-refractivity contribution < 1.29 is 23.9 Å². The van der Waals surface area contributed by atoms with E-state index in [9.17, 15) is 10.1 Å². The molecule has 21 heavy (non-hydrogen) atoms. The van der Waals surface area contributed by atoms with Crippen LogP contribution in [0.25, 0.3) is 0 Å². The lowest BCUT2D eigenvalue weighted by Crippen LogP contribution is -2.41. The summed E-state index contributed by atoms with van der Waals surface area (Å²) in [7, 11) is 2.88. The molecular weight excluding hydrogens is 280 g/mol. The molecule has 1 atom stereocenters. The topological polar surface area (TPSA) is 92.1 Å². The van der Waals surface area contributed by atoms with Crippen molar-refractivity contribution >= 4 is 5.69 Å². The number of rotatable bonds is 6. The van der Waals surface area contributed by atoms with Crippen LogP contribution in [-0.4, -0.2) is 51.6 Å². The van der Waals surface area contributed by atoms with Crippen molar-refractivity contribution in [2.75, 3.05) is 40.5 Å². The highest BCUT2D eigenvalue weighted by Gasteiger charge is 2.22. The second-order valence-corrected chi connectivity index (χ2v) is 4.44. The van der Waals surface area contributed by atoms with Gasteiger partial charge in [-0.05, 0) is 0 Å². The zero-order chi connectivity index (χ0) is 15.2. The average molecular weight is 298 g/mol. The van der Waals surface area contributed by atoms with Gasteiger partial charge in [-0.2, -0.15) is 0 Å². The quantitative estimate of drug-likeness (QED) is 0.618. The normalized spacial score (nSPS) is 18.1. The molecule has 8 nitrogen and oxygen atoms in total. The van der Waals surface area contributed by atoms with Crippen molar-refractivity contribution in [3.8, 4) is 17.2 Å². The Labute approximate surface area is 122 Å². The number of ether oxygens (including phenoxy) is 4. The van der Waals surface area contributed by atoms with Crippen molar-refractivity contribution in [2.45, 2.75) is 6.10 Å². The minimum Gasteiger partial charge on any atom is -0.493 e. The fourth-order valence-corrected chi connectivity index (χ4v) is 2.02. The summed E-state index contributed by atoms with van der Waals surface area (Å²) in [5.74, 6) is 0.791. The molecule has 1 aromatic carbocycles. The van der Waals surface area contributed by atoms with E-state index in [1.54, 1.807) is 0 Å². The molecular formula is C13H18N2O6. The molecule has 1 aliphatic rings. The maximum Gasteiger partial charge on any atom is 0.314 e. The van der Waals surface area contributed by atoms with Crippen LogP contribution in [0.4, 0.5) is 5.69 Å². The zero-order valence-electron chi connectivity index (χ0n) is 12.0. The lowest BCUT2D eigenvalue weighted by atomic mass is 10.2. The van der Waals surface area contributed by atoms with Crippen molar-refractivity contribution in [2.24, 2.45) is 0 Å². The van der Waals surface area contributed by atoms with Crippen LogP contribution in [0.3, 0.4) is 0 Å². The maximum atomic E-state index is 11.1. The van der Waals surface area contributed by atoms with Gasteiger partial charge in [0.2, 0.25) is 5.75 Å². The molecule has 0 saturated carbocycles. The van der Waals surface area contributed by atoms with Crippen LogP contribution in [0.2, 0.25) is 0 Å². The second-order valence-electron chi connectivity index (χ2n) is 4.44. The Hall–Kier alpha value is -2.06. The van der Waals surface area contributed by atoms with Gasteiger partial charge in [0.25, 0.3) is 0 Å². The van der Waals surface area contributed by atoms with E-state index in [2.05, 4.69) is 5.32 Å². The molecule has 1 saturated heterocycles. The van der Waals surface area contributed by atoms with Gasteiger partial charge in [-0.25, -0.2) is 0 Å². The van der Waals surface area contributed by atoms with Gasteiger partial charge in [0, 0.05) is 19.2 Å². The summed E-state index contributed by atoms with van der Waals surface area (Å²) in [4.78, 5) is 10.6. The van der Waals surface area contributed by atoms with Crippen LogP contribution in [0, 0.1) is 10.1 Å². The van der Waals surface area contributed by atoms with E-state index in [1.807, 2.05) is 0 Å². The molecule has 0 aliphatic carbocycles. The summed E-state index contributed by atoms with van der Waals surface area (Å²) in [6.45, 7) is 2.28. The van der Waals surface area contributed by atoms with Crippen molar-refractivity contribution in [1.82, 2.24) is 5.32 Å². The number of nitro benzene ring substituents is 1. The summed E-state index contributed by atoms with van der Waals surface area (Å²) in [5.41, 5.74) is -0.170. The number of benzene rings is 1. The fourth-order valence-electron chi connectivity index (χ4n) is 2.02. The molecule has 0 spiro atoms. The smallest absolute Gasteiger partial charge is 0.314 e. The second kappa shape index (κ2) is 7.09. The Balaban J connectivity index is 2.17. The number of hydrogen-bond donors (Lipinski definition) is 1. The molecule has 0 bridgehead atoms. The van der Waals surface area contributed by atoms with Gasteiger partial charge in [-0.3, -0.25) is 10.1 Å². The number of nitrogens with zero attached hydrogens (tertiary/aromatic N) is 1. The monoisotopic (exact) mass is 298 g/mol. The van der Waals surface area contributed by atoms with E-state index in [0.29, 0.717) is 18.9 Å². The van der Waals surface area contributed by atoms with Crippen molar-refractivity contribution in [1.29, 1.82) is 0 Å². The summed E-state index contributed by atoms with van der Waals surface area (Å²) < 4.78 is 21.2. The van der Waals surface area contributed by atoms with Crippen molar-refractivity contribution in [3.63, 3.8) is 0 Å². The van der Waals surface area contributed by atoms with E-state index < -0.39 is 4.92 Å². The summed E-state index contributed by atoms with van der Waals surface area (Å²) in [6, 6.07) is 2.74. The van der Waals surface area contributed by atoms with Gasteiger partial charge in [0.05, 0.1) is 31.8 Å². The minimum absolute atomic E-state index is 0.131. The van der Waals surface area contributed by atoms with Crippen molar-refractivity contribution in [3.05, 3.63) is 22.2 Å². The Morgan fingerprint density at radius 3 is 2.62 bits per heavy atom. The van der Waals surface area contributed by atoms with E-state index in [-0.39, 0.29) is 29.9 Å². The van der Waals surface area contributed by atoms with E-state index in [0.717, 1.165) is 6.54 Å². The first-order chi connectivity index (χ1) is 10.2. The number of methoxy groups -OCH3 is 2.